The van der Waals surface area contributed by atoms with Gasteiger partial charge in [0.25, 0.3) is 0 Å². The van der Waals surface area contributed by atoms with Crippen LogP contribution >= 0.6 is 0 Å². The van der Waals surface area contributed by atoms with Crippen LogP contribution in [0.2, 0.25) is 0 Å². The van der Waals surface area contributed by atoms with Crippen molar-refractivity contribution in [1.29, 1.82) is 0 Å². The van der Waals surface area contributed by atoms with E-state index in [1.54, 1.807) is 6.26 Å². The topological polar surface area (TPSA) is 80.9 Å². The molecule has 1 heterocycles. The van der Waals surface area contributed by atoms with E-state index in [1.807, 2.05) is 6.92 Å². The van der Waals surface area contributed by atoms with Gasteiger partial charge in [-0.2, -0.15) is 4.98 Å². The standard InChI is InChI=1S/C9H15FN4OS/c1-6(3-4-16(2)15)13-8-7(10)5-12-9(11)14-8/h5-6H,3-4H2,1-2H3,(H3,11,12,13,14). The molecule has 16 heavy (non-hydrogen) atoms. The van der Waals surface area contributed by atoms with Crippen molar-refractivity contribution in [2.24, 2.45) is 0 Å². The lowest BCUT2D eigenvalue weighted by molar-refractivity contribution is 0.611. The second kappa shape index (κ2) is 5.74. The van der Waals surface area contributed by atoms with Crippen molar-refractivity contribution in [3.8, 4) is 0 Å². The maximum absolute atomic E-state index is 13.2. The third-order valence-corrected chi connectivity index (χ3v) is 2.79. The fourth-order valence-electron chi connectivity index (χ4n) is 1.13. The van der Waals surface area contributed by atoms with Crippen LogP contribution in [0.5, 0.6) is 0 Å². The van der Waals surface area contributed by atoms with E-state index in [9.17, 15) is 8.60 Å². The Balaban J connectivity index is 2.58. The fraction of sp³-hybridized carbons (Fsp3) is 0.556. The molecule has 0 aliphatic rings. The summed E-state index contributed by atoms with van der Waals surface area (Å²) in [5.41, 5.74) is 5.35. The zero-order valence-electron chi connectivity index (χ0n) is 9.24. The molecule has 0 amide bonds. The minimum Gasteiger partial charge on any atom is -0.368 e. The van der Waals surface area contributed by atoms with Gasteiger partial charge in [-0.3, -0.25) is 4.21 Å². The third-order valence-electron chi connectivity index (χ3n) is 1.98. The minimum atomic E-state index is -0.845. The van der Waals surface area contributed by atoms with Crippen molar-refractivity contribution >= 4 is 22.6 Å². The summed E-state index contributed by atoms with van der Waals surface area (Å²) in [6.07, 6.45) is 3.33. The second-order valence-electron chi connectivity index (χ2n) is 3.54. The Labute approximate surface area is 96.1 Å². The number of nitrogens with two attached hydrogens (primary N) is 1. The SMILES string of the molecule is CC(CCS(C)=O)Nc1nc(N)ncc1F. The Morgan fingerprint density at radius 3 is 3.00 bits per heavy atom. The van der Waals surface area contributed by atoms with Gasteiger partial charge in [-0.15, -0.1) is 0 Å². The molecular formula is C9H15FN4OS. The van der Waals surface area contributed by atoms with Crippen molar-refractivity contribution in [1.82, 2.24) is 9.97 Å². The van der Waals surface area contributed by atoms with Crippen molar-refractivity contribution in [3.05, 3.63) is 12.0 Å². The molecule has 2 atom stereocenters. The summed E-state index contributed by atoms with van der Waals surface area (Å²) < 4.78 is 24.1. The molecule has 1 aromatic rings. The largest absolute Gasteiger partial charge is 0.368 e. The van der Waals surface area contributed by atoms with Gasteiger partial charge in [0.05, 0.1) is 6.20 Å². The van der Waals surface area contributed by atoms with E-state index in [-0.39, 0.29) is 17.8 Å². The van der Waals surface area contributed by atoms with Gasteiger partial charge in [0.15, 0.2) is 11.6 Å². The molecule has 1 rings (SSSR count). The molecule has 0 saturated heterocycles. The van der Waals surface area contributed by atoms with Gasteiger partial charge >= 0.3 is 0 Å². The van der Waals surface area contributed by atoms with E-state index in [1.165, 1.54) is 0 Å². The van der Waals surface area contributed by atoms with E-state index < -0.39 is 16.6 Å². The molecule has 90 valence electrons. The van der Waals surface area contributed by atoms with Gasteiger partial charge in [0.2, 0.25) is 5.95 Å². The maximum Gasteiger partial charge on any atom is 0.222 e. The molecule has 0 spiro atoms. The van der Waals surface area contributed by atoms with Crippen LogP contribution in [0.15, 0.2) is 6.20 Å². The average Bonchev–Trinajstić information content (AvgIpc) is 2.20. The van der Waals surface area contributed by atoms with Gasteiger partial charge in [-0.1, -0.05) is 0 Å². The molecular weight excluding hydrogens is 231 g/mol. The van der Waals surface area contributed by atoms with Crippen LogP contribution in [-0.2, 0) is 10.8 Å². The highest BCUT2D eigenvalue weighted by Gasteiger charge is 2.09. The van der Waals surface area contributed by atoms with Crippen molar-refractivity contribution in [2.75, 3.05) is 23.1 Å². The molecule has 0 aliphatic heterocycles. The Hall–Kier alpha value is -1.24. The molecule has 0 aromatic carbocycles. The first-order valence-electron chi connectivity index (χ1n) is 4.83. The van der Waals surface area contributed by atoms with Crippen LogP contribution in [-0.4, -0.2) is 32.2 Å². The molecule has 5 nitrogen and oxygen atoms in total. The Morgan fingerprint density at radius 1 is 1.69 bits per heavy atom. The second-order valence-corrected chi connectivity index (χ2v) is 5.09. The molecule has 0 fully saturated rings. The molecule has 1 aromatic heterocycles. The van der Waals surface area contributed by atoms with Crippen molar-refractivity contribution in [3.63, 3.8) is 0 Å². The number of nitrogens with zero attached hydrogens (tertiary/aromatic N) is 2. The molecule has 0 saturated carbocycles. The normalized spacial score (nSPS) is 14.4. The zero-order valence-corrected chi connectivity index (χ0v) is 10.1. The number of aromatic nitrogens is 2. The van der Waals surface area contributed by atoms with Gasteiger partial charge in [-0.25, -0.2) is 9.37 Å². The third kappa shape index (κ3) is 4.09. The van der Waals surface area contributed by atoms with Crippen LogP contribution in [0.4, 0.5) is 16.2 Å². The molecule has 0 radical (unpaired) electrons. The van der Waals surface area contributed by atoms with Gasteiger partial charge < -0.3 is 11.1 Å². The first kappa shape index (κ1) is 12.8. The molecule has 3 N–H and O–H groups in total. The highest BCUT2D eigenvalue weighted by molar-refractivity contribution is 7.84. The van der Waals surface area contributed by atoms with Crippen molar-refractivity contribution in [2.45, 2.75) is 19.4 Å². The Kier molecular flexibility index (Phi) is 4.60. The van der Waals surface area contributed by atoms with Crippen LogP contribution < -0.4 is 11.1 Å². The van der Waals surface area contributed by atoms with Crippen LogP contribution in [0.25, 0.3) is 0 Å². The quantitative estimate of drug-likeness (QED) is 0.802. The summed E-state index contributed by atoms with van der Waals surface area (Å²) in [5.74, 6) is 0.131. The fourth-order valence-corrected chi connectivity index (χ4v) is 1.82. The van der Waals surface area contributed by atoms with E-state index >= 15 is 0 Å². The number of hydrogen-bond donors (Lipinski definition) is 2. The number of rotatable bonds is 5. The van der Waals surface area contributed by atoms with Gasteiger partial charge in [0, 0.05) is 28.9 Å². The highest BCUT2D eigenvalue weighted by atomic mass is 32.2. The summed E-state index contributed by atoms with van der Waals surface area (Å²) in [4.78, 5) is 7.27. The first-order chi connectivity index (χ1) is 7.49. The number of hydrogen-bond acceptors (Lipinski definition) is 5. The highest BCUT2D eigenvalue weighted by Crippen LogP contribution is 2.12. The summed E-state index contributed by atoms with van der Waals surface area (Å²) in [7, 11) is -0.845. The summed E-state index contributed by atoms with van der Waals surface area (Å²) in [5, 5.41) is 2.87. The molecule has 0 bridgehead atoms. The van der Waals surface area contributed by atoms with E-state index in [0.717, 1.165) is 6.20 Å². The van der Waals surface area contributed by atoms with E-state index in [0.29, 0.717) is 12.2 Å². The monoisotopic (exact) mass is 246 g/mol. The minimum absolute atomic E-state index is 0.0206. The zero-order chi connectivity index (χ0) is 12.1. The average molecular weight is 246 g/mol. The maximum atomic E-state index is 13.2. The number of anilines is 2. The molecule has 2 unspecified atom stereocenters. The van der Waals surface area contributed by atoms with Crippen LogP contribution in [0.3, 0.4) is 0 Å². The van der Waals surface area contributed by atoms with Gasteiger partial charge in [-0.05, 0) is 13.3 Å². The van der Waals surface area contributed by atoms with Crippen molar-refractivity contribution < 1.29 is 8.60 Å². The Bertz CT molecular complexity index is 388. The van der Waals surface area contributed by atoms with E-state index in [4.69, 9.17) is 5.73 Å². The number of halogens is 1. The molecule has 0 aliphatic carbocycles. The lowest BCUT2D eigenvalue weighted by Gasteiger charge is -2.14. The van der Waals surface area contributed by atoms with E-state index in [2.05, 4.69) is 15.3 Å². The molecule has 7 heteroatoms. The number of nitrogen functional groups attached to an aromatic ring is 1. The summed E-state index contributed by atoms with van der Waals surface area (Å²) >= 11 is 0. The Morgan fingerprint density at radius 2 is 2.38 bits per heavy atom. The lowest BCUT2D eigenvalue weighted by atomic mass is 10.2. The summed E-state index contributed by atoms with van der Waals surface area (Å²) in [6.45, 7) is 1.87. The lowest BCUT2D eigenvalue weighted by Crippen LogP contribution is -2.20. The number of nitrogens with one attached hydrogen (secondary N) is 1. The van der Waals surface area contributed by atoms with Crippen LogP contribution in [0, 0.1) is 5.82 Å². The van der Waals surface area contributed by atoms with Crippen LogP contribution in [0.1, 0.15) is 13.3 Å². The predicted octanol–water partition coefficient (Wildman–Crippen LogP) is 0.767. The smallest absolute Gasteiger partial charge is 0.222 e. The summed E-state index contributed by atoms with van der Waals surface area (Å²) in [6, 6.07) is -0.0206. The predicted molar refractivity (Wildman–Crippen MR) is 63.0 cm³/mol. The van der Waals surface area contributed by atoms with Gasteiger partial charge in [0.1, 0.15) is 0 Å². The first-order valence-corrected chi connectivity index (χ1v) is 6.56.